The first-order chi connectivity index (χ1) is 14.2. The molecule has 0 bridgehead atoms. The summed E-state index contributed by atoms with van der Waals surface area (Å²) in [5, 5.41) is 13.0. The van der Waals surface area contributed by atoms with Gasteiger partial charge in [0.05, 0.1) is 5.52 Å². The number of nitrogens with two attached hydrogens (primary N) is 1. The SMILES string of the molecule is CN=C(C=C(N)C(F)(F)F)NC(=O)c1ccc2cc(-c3ccccc3O)cnc2c1. The summed E-state index contributed by atoms with van der Waals surface area (Å²) in [5.74, 6) is -0.861. The zero-order valence-corrected chi connectivity index (χ0v) is 15.7. The summed E-state index contributed by atoms with van der Waals surface area (Å²) in [7, 11) is 1.23. The molecule has 30 heavy (non-hydrogen) atoms. The maximum absolute atomic E-state index is 12.6. The average molecular weight is 414 g/mol. The van der Waals surface area contributed by atoms with E-state index in [4.69, 9.17) is 5.73 Å². The van der Waals surface area contributed by atoms with Gasteiger partial charge in [-0.2, -0.15) is 13.2 Å². The lowest BCUT2D eigenvalue weighted by Gasteiger charge is -2.10. The minimum absolute atomic E-state index is 0.118. The molecule has 3 rings (SSSR count). The Labute approximate surface area is 169 Å². The standard InChI is InChI=1S/C21H17F3N4O2/c1-26-19(10-18(25)21(22,23)24)28-20(30)13-7-6-12-8-14(11-27-16(12)9-13)15-4-2-3-5-17(15)29/h2-11,29H,25H2,1H3,(H,26,28,30). The first-order valence-electron chi connectivity index (χ1n) is 8.69. The molecule has 0 fully saturated rings. The summed E-state index contributed by atoms with van der Waals surface area (Å²) >= 11 is 0. The van der Waals surface area contributed by atoms with E-state index < -0.39 is 17.8 Å². The van der Waals surface area contributed by atoms with Gasteiger partial charge in [0.2, 0.25) is 0 Å². The van der Waals surface area contributed by atoms with Gasteiger partial charge in [0.15, 0.2) is 0 Å². The molecule has 4 N–H and O–H groups in total. The van der Waals surface area contributed by atoms with Gasteiger partial charge in [0.1, 0.15) is 17.3 Å². The third-order valence-electron chi connectivity index (χ3n) is 4.26. The van der Waals surface area contributed by atoms with E-state index in [1.54, 1.807) is 36.5 Å². The number of aliphatic imine (C=N–C) groups is 1. The molecule has 1 heterocycles. The number of carbonyl (C=O) groups is 1. The lowest BCUT2D eigenvalue weighted by atomic mass is 10.0. The topological polar surface area (TPSA) is 101 Å². The number of carbonyl (C=O) groups excluding carboxylic acids is 1. The number of amides is 1. The van der Waals surface area contributed by atoms with Crippen LogP contribution in [0.1, 0.15) is 10.4 Å². The van der Waals surface area contributed by atoms with Gasteiger partial charge >= 0.3 is 6.18 Å². The number of rotatable bonds is 3. The number of amidine groups is 1. The number of hydrogen-bond acceptors (Lipinski definition) is 5. The van der Waals surface area contributed by atoms with Crippen LogP contribution in [0.5, 0.6) is 5.75 Å². The molecule has 6 nitrogen and oxygen atoms in total. The maximum Gasteiger partial charge on any atom is 0.430 e. The Bertz CT molecular complexity index is 1170. The minimum atomic E-state index is -4.72. The lowest BCUT2D eigenvalue weighted by Crippen LogP contribution is -2.31. The van der Waals surface area contributed by atoms with Crippen molar-refractivity contribution in [2.45, 2.75) is 6.18 Å². The molecule has 1 aromatic heterocycles. The highest BCUT2D eigenvalue weighted by Crippen LogP contribution is 2.30. The third-order valence-corrected chi connectivity index (χ3v) is 4.26. The highest BCUT2D eigenvalue weighted by Gasteiger charge is 2.31. The quantitative estimate of drug-likeness (QED) is 0.449. The summed E-state index contributed by atoms with van der Waals surface area (Å²) in [6.45, 7) is 0. The Morgan fingerprint density at radius 2 is 1.93 bits per heavy atom. The van der Waals surface area contributed by atoms with Crippen molar-refractivity contribution in [2.75, 3.05) is 7.05 Å². The van der Waals surface area contributed by atoms with Crippen LogP contribution in [0, 0.1) is 0 Å². The van der Waals surface area contributed by atoms with Gasteiger partial charge in [0.25, 0.3) is 5.91 Å². The molecule has 0 saturated carbocycles. The van der Waals surface area contributed by atoms with Gasteiger partial charge in [0, 0.05) is 41.4 Å². The molecule has 3 aromatic rings. The number of benzene rings is 2. The normalized spacial score (nSPS) is 12.8. The molecular weight excluding hydrogens is 397 g/mol. The molecular formula is C21H17F3N4O2. The van der Waals surface area contributed by atoms with Gasteiger partial charge < -0.3 is 16.2 Å². The van der Waals surface area contributed by atoms with Crippen LogP contribution in [0.15, 0.2) is 71.5 Å². The van der Waals surface area contributed by atoms with Crippen molar-refractivity contribution in [3.05, 3.63) is 72.1 Å². The second-order valence-corrected chi connectivity index (χ2v) is 6.31. The number of nitrogens with one attached hydrogen (secondary N) is 1. The highest BCUT2D eigenvalue weighted by atomic mass is 19.4. The number of fused-ring (bicyclic) bond motifs is 1. The number of pyridine rings is 1. The Morgan fingerprint density at radius 3 is 2.60 bits per heavy atom. The summed E-state index contributed by atoms with van der Waals surface area (Å²) in [5.41, 5.74) is 5.59. The van der Waals surface area contributed by atoms with Crippen LogP contribution in [0.2, 0.25) is 0 Å². The number of alkyl halides is 3. The first-order valence-corrected chi connectivity index (χ1v) is 8.69. The van der Waals surface area contributed by atoms with Crippen LogP contribution in [0.25, 0.3) is 22.0 Å². The molecule has 1 amide bonds. The predicted octanol–water partition coefficient (Wildman–Crippen LogP) is 3.77. The Morgan fingerprint density at radius 1 is 1.20 bits per heavy atom. The fraction of sp³-hybridized carbons (Fsp3) is 0.0952. The van der Waals surface area contributed by atoms with Crippen molar-refractivity contribution in [1.29, 1.82) is 0 Å². The van der Waals surface area contributed by atoms with E-state index >= 15 is 0 Å². The van der Waals surface area contributed by atoms with Crippen molar-refractivity contribution in [3.8, 4) is 16.9 Å². The summed E-state index contributed by atoms with van der Waals surface area (Å²) in [6.07, 6.45) is -2.61. The fourth-order valence-corrected chi connectivity index (χ4v) is 2.70. The molecule has 2 aromatic carbocycles. The highest BCUT2D eigenvalue weighted by molar-refractivity contribution is 6.11. The number of aromatic hydroxyl groups is 1. The minimum Gasteiger partial charge on any atom is -0.507 e. The molecule has 0 saturated heterocycles. The molecule has 0 aliphatic carbocycles. The Hall–Kier alpha value is -3.88. The van der Waals surface area contributed by atoms with E-state index in [0.29, 0.717) is 22.7 Å². The van der Waals surface area contributed by atoms with Gasteiger partial charge in [-0.3, -0.25) is 14.8 Å². The number of phenols is 1. The Kier molecular flexibility index (Phi) is 5.72. The van der Waals surface area contributed by atoms with Gasteiger partial charge in [-0.05, 0) is 24.3 Å². The van der Waals surface area contributed by atoms with Crippen LogP contribution in [-0.2, 0) is 0 Å². The second-order valence-electron chi connectivity index (χ2n) is 6.31. The third kappa shape index (κ3) is 4.57. The number of para-hydroxylation sites is 1. The molecule has 0 aliphatic rings. The van der Waals surface area contributed by atoms with E-state index in [-0.39, 0.29) is 17.1 Å². The molecule has 154 valence electrons. The van der Waals surface area contributed by atoms with Crippen LogP contribution >= 0.6 is 0 Å². The molecule has 0 unspecified atom stereocenters. The van der Waals surface area contributed by atoms with Crippen molar-refractivity contribution in [2.24, 2.45) is 10.7 Å². The summed E-state index contributed by atoms with van der Waals surface area (Å²) in [6, 6.07) is 13.3. The first kappa shape index (κ1) is 20.8. The van der Waals surface area contributed by atoms with E-state index in [9.17, 15) is 23.1 Å². The predicted molar refractivity (Wildman–Crippen MR) is 108 cm³/mol. The van der Waals surface area contributed by atoms with Crippen LogP contribution in [0.3, 0.4) is 0 Å². The van der Waals surface area contributed by atoms with Crippen LogP contribution in [0.4, 0.5) is 13.2 Å². The number of hydrogen-bond donors (Lipinski definition) is 3. The molecule has 0 radical (unpaired) electrons. The number of allylic oxidation sites excluding steroid dienone is 1. The van der Waals surface area contributed by atoms with Crippen molar-refractivity contribution < 1.29 is 23.1 Å². The van der Waals surface area contributed by atoms with Crippen molar-refractivity contribution in [3.63, 3.8) is 0 Å². The summed E-state index contributed by atoms with van der Waals surface area (Å²) < 4.78 is 37.7. The summed E-state index contributed by atoms with van der Waals surface area (Å²) in [4.78, 5) is 20.3. The van der Waals surface area contributed by atoms with E-state index in [1.165, 1.54) is 19.2 Å². The number of halogens is 3. The largest absolute Gasteiger partial charge is 0.507 e. The number of phenolic OH excluding ortho intramolecular Hbond substituents is 1. The average Bonchev–Trinajstić information content (AvgIpc) is 2.72. The zero-order chi connectivity index (χ0) is 21.9. The van der Waals surface area contributed by atoms with Crippen molar-refractivity contribution >= 4 is 22.6 Å². The van der Waals surface area contributed by atoms with Crippen LogP contribution < -0.4 is 11.1 Å². The van der Waals surface area contributed by atoms with E-state index in [1.807, 2.05) is 6.07 Å². The van der Waals surface area contributed by atoms with Gasteiger partial charge in [-0.25, -0.2) is 0 Å². The monoisotopic (exact) mass is 414 g/mol. The molecule has 0 atom stereocenters. The smallest absolute Gasteiger partial charge is 0.430 e. The van der Waals surface area contributed by atoms with Crippen molar-refractivity contribution in [1.82, 2.24) is 10.3 Å². The number of nitrogens with zero attached hydrogens (tertiary/aromatic N) is 2. The molecule has 0 aliphatic heterocycles. The Balaban J connectivity index is 1.86. The van der Waals surface area contributed by atoms with Gasteiger partial charge in [-0.15, -0.1) is 0 Å². The van der Waals surface area contributed by atoms with E-state index in [0.717, 1.165) is 5.39 Å². The molecule has 0 spiro atoms. The fourth-order valence-electron chi connectivity index (χ4n) is 2.70. The second kappa shape index (κ2) is 8.24. The van der Waals surface area contributed by atoms with Crippen LogP contribution in [-0.4, -0.2) is 35.1 Å². The molecule has 9 heteroatoms. The lowest BCUT2D eigenvalue weighted by molar-refractivity contribution is -0.0925. The maximum atomic E-state index is 12.6. The van der Waals surface area contributed by atoms with E-state index in [2.05, 4.69) is 15.3 Å². The van der Waals surface area contributed by atoms with Gasteiger partial charge in [-0.1, -0.05) is 24.3 Å². The zero-order valence-electron chi connectivity index (χ0n) is 15.7. The number of aromatic nitrogens is 1.